The fraction of sp³-hybridized carbons (Fsp3) is 0.933. The quantitative estimate of drug-likeness (QED) is 0.665. The molecule has 1 amide bonds. The molecule has 0 heterocycles. The molecule has 0 aromatic heterocycles. The average Bonchev–Trinajstić information content (AvgIpc) is 2.39. The molecular weight excluding hydrogens is 226 g/mol. The topological polar surface area (TPSA) is 29.5 Å². The minimum Gasteiger partial charge on any atom is -0.378 e. The van der Waals surface area contributed by atoms with Gasteiger partial charge < -0.3 is 9.64 Å². The molecule has 0 bridgehead atoms. The lowest BCUT2D eigenvalue weighted by molar-refractivity contribution is -0.133. The molecule has 3 nitrogen and oxygen atoms in total. The molecule has 1 saturated carbocycles. The first-order valence-electron chi connectivity index (χ1n) is 7.67. The second-order valence-corrected chi connectivity index (χ2v) is 5.26. The van der Waals surface area contributed by atoms with Crippen molar-refractivity contribution >= 4 is 5.91 Å². The Kier molecular flexibility index (Phi) is 8.06. The molecule has 3 heteroatoms. The van der Waals surface area contributed by atoms with Crippen LogP contribution in [0, 0.1) is 0 Å². The van der Waals surface area contributed by atoms with E-state index in [0.29, 0.717) is 19.1 Å². The number of ether oxygens (including phenoxy) is 1. The molecule has 0 atom stereocenters. The van der Waals surface area contributed by atoms with Crippen LogP contribution in [-0.2, 0) is 9.53 Å². The number of carbonyl (C=O) groups excluding carboxylic acids is 1. The Morgan fingerprint density at radius 1 is 1.11 bits per heavy atom. The molecule has 0 aromatic rings. The summed E-state index contributed by atoms with van der Waals surface area (Å²) in [4.78, 5) is 14.0. The summed E-state index contributed by atoms with van der Waals surface area (Å²) in [6.07, 6.45) is 9.33. The molecule has 0 radical (unpaired) electrons. The number of hydrogen-bond donors (Lipinski definition) is 0. The largest absolute Gasteiger partial charge is 0.378 e. The predicted octanol–water partition coefficient (Wildman–Crippen LogP) is 3.37. The maximum Gasteiger partial charge on any atom is 0.224 e. The molecule has 0 spiro atoms. The first-order chi connectivity index (χ1) is 8.77. The molecule has 106 valence electrons. The highest BCUT2D eigenvalue weighted by atomic mass is 16.5. The molecule has 0 unspecified atom stereocenters. The minimum absolute atomic E-state index is 0.259. The highest BCUT2D eigenvalue weighted by molar-refractivity contribution is 5.76. The van der Waals surface area contributed by atoms with Crippen LogP contribution in [0.2, 0.25) is 0 Å². The van der Waals surface area contributed by atoms with Gasteiger partial charge in [-0.2, -0.15) is 0 Å². The SMILES string of the molecule is CCCN(CCC)C(=O)CCOC1CCCCC1. The summed E-state index contributed by atoms with van der Waals surface area (Å²) in [6.45, 7) is 6.61. The van der Waals surface area contributed by atoms with Crippen molar-refractivity contribution in [2.45, 2.75) is 71.3 Å². The zero-order chi connectivity index (χ0) is 13.2. The highest BCUT2D eigenvalue weighted by Crippen LogP contribution is 2.20. The second kappa shape index (κ2) is 9.37. The van der Waals surface area contributed by atoms with Gasteiger partial charge in [-0.1, -0.05) is 33.1 Å². The van der Waals surface area contributed by atoms with Crippen LogP contribution < -0.4 is 0 Å². The van der Waals surface area contributed by atoms with Gasteiger partial charge in [0.15, 0.2) is 0 Å². The number of amides is 1. The Hall–Kier alpha value is -0.570. The van der Waals surface area contributed by atoms with Gasteiger partial charge in [-0.15, -0.1) is 0 Å². The molecule has 1 aliphatic rings. The lowest BCUT2D eigenvalue weighted by Crippen LogP contribution is -2.33. The maximum absolute atomic E-state index is 12.0. The van der Waals surface area contributed by atoms with Crippen LogP contribution in [0.4, 0.5) is 0 Å². The van der Waals surface area contributed by atoms with E-state index in [-0.39, 0.29) is 5.91 Å². The molecule has 0 saturated heterocycles. The summed E-state index contributed by atoms with van der Waals surface area (Å²) in [5.74, 6) is 0.259. The standard InChI is InChI=1S/C15H29NO2/c1-3-11-16(12-4-2)15(17)10-13-18-14-8-6-5-7-9-14/h14H,3-13H2,1-2H3. The Bertz CT molecular complexity index is 219. The van der Waals surface area contributed by atoms with Gasteiger partial charge in [0.2, 0.25) is 5.91 Å². The molecule has 0 N–H and O–H groups in total. The van der Waals surface area contributed by atoms with E-state index in [9.17, 15) is 4.79 Å². The van der Waals surface area contributed by atoms with E-state index < -0.39 is 0 Å². The molecule has 18 heavy (non-hydrogen) atoms. The van der Waals surface area contributed by atoms with Crippen molar-refractivity contribution in [1.82, 2.24) is 4.90 Å². The number of rotatable bonds is 8. The van der Waals surface area contributed by atoms with Gasteiger partial charge in [0.1, 0.15) is 0 Å². The summed E-state index contributed by atoms with van der Waals surface area (Å²) >= 11 is 0. The Morgan fingerprint density at radius 2 is 1.72 bits per heavy atom. The first kappa shape index (κ1) is 15.5. The summed E-state index contributed by atoms with van der Waals surface area (Å²) < 4.78 is 5.81. The summed E-state index contributed by atoms with van der Waals surface area (Å²) in [5.41, 5.74) is 0. The number of hydrogen-bond acceptors (Lipinski definition) is 2. The minimum atomic E-state index is 0.259. The van der Waals surface area contributed by atoms with Crippen LogP contribution in [0.25, 0.3) is 0 Å². The van der Waals surface area contributed by atoms with Gasteiger partial charge in [-0.05, 0) is 25.7 Å². The van der Waals surface area contributed by atoms with Crippen molar-refractivity contribution in [1.29, 1.82) is 0 Å². The van der Waals surface area contributed by atoms with Crippen LogP contribution in [0.3, 0.4) is 0 Å². The molecule has 1 rings (SSSR count). The van der Waals surface area contributed by atoms with Crippen LogP contribution in [-0.4, -0.2) is 36.6 Å². The van der Waals surface area contributed by atoms with E-state index in [0.717, 1.165) is 25.9 Å². The molecule has 1 fully saturated rings. The fourth-order valence-electron chi connectivity index (χ4n) is 2.60. The first-order valence-corrected chi connectivity index (χ1v) is 7.67. The number of carbonyl (C=O) groups is 1. The van der Waals surface area contributed by atoms with Crippen LogP contribution in [0.15, 0.2) is 0 Å². The zero-order valence-corrected chi connectivity index (χ0v) is 12.1. The summed E-state index contributed by atoms with van der Waals surface area (Å²) in [5, 5.41) is 0. The van der Waals surface area contributed by atoms with Crippen molar-refractivity contribution in [2.24, 2.45) is 0 Å². The molecule has 0 aromatic carbocycles. The van der Waals surface area contributed by atoms with Gasteiger partial charge >= 0.3 is 0 Å². The Balaban J connectivity index is 2.17. The van der Waals surface area contributed by atoms with E-state index in [1.54, 1.807) is 0 Å². The predicted molar refractivity (Wildman–Crippen MR) is 74.6 cm³/mol. The summed E-state index contributed by atoms with van der Waals surface area (Å²) in [6, 6.07) is 0. The van der Waals surface area contributed by atoms with E-state index in [1.807, 2.05) is 4.90 Å². The fourth-order valence-corrected chi connectivity index (χ4v) is 2.60. The van der Waals surface area contributed by atoms with Crippen molar-refractivity contribution in [3.8, 4) is 0 Å². The Morgan fingerprint density at radius 3 is 2.28 bits per heavy atom. The summed E-state index contributed by atoms with van der Waals surface area (Å²) in [7, 11) is 0. The van der Waals surface area contributed by atoms with Gasteiger partial charge in [-0.3, -0.25) is 4.79 Å². The lowest BCUT2D eigenvalue weighted by Gasteiger charge is -2.24. The monoisotopic (exact) mass is 255 g/mol. The highest BCUT2D eigenvalue weighted by Gasteiger charge is 2.15. The second-order valence-electron chi connectivity index (χ2n) is 5.26. The van der Waals surface area contributed by atoms with Crippen molar-refractivity contribution < 1.29 is 9.53 Å². The van der Waals surface area contributed by atoms with Crippen molar-refractivity contribution in [2.75, 3.05) is 19.7 Å². The van der Waals surface area contributed by atoms with E-state index in [4.69, 9.17) is 4.74 Å². The third kappa shape index (κ3) is 5.85. The maximum atomic E-state index is 12.0. The van der Waals surface area contributed by atoms with Crippen molar-refractivity contribution in [3.05, 3.63) is 0 Å². The lowest BCUT2D eigenvalue weighted by atomic mass is 9.98. The molecular formula is C15H29NO2. The number of nitrogens with zero attached hydrogens (tertiary/aromatic N) is 1. The zero-order valence-electron chi connectivity index (χ0n) is 12.1. The van der Waals surface area contributed by atoms with Crippen molar-refractivity contribution in [3.63, 3.8) is 0 Å². The van der Waals surface area contributed by atoms with Gasteiger partial charge in [0.05, 0.1) is 19.1 Å². The van der Waals surface area contributed by atoms with Crippen LogP contribution in [0.5, 0.6) is 0 Å². The van der Waals surface area contributed by atoms with Crippen LogP contribution >= 0.6 is 0 Å². The smallest absolute Gasteiger partial charge is 0.224 e. The van der Waals surface area contributed by atoms with E-state index in [1.165, 1.54) is 32.1 Å². The molecule has 1 aliphatic carbocycles. The normalized spacial score (nSPS) is 16.8. The van der Waals surface area contributed by atoms with Gasteiger partial charge in [0.25, 0.3) is 0 Å². The van der Waals surface area contributed by atoms with Gasteiger partial charge in [0, 0.05) is 13.1 Å². The Labute approximate surface area is 112 Å². The van der Waals surface area contributed by atoms with E-state index >= 15 is 0 Å². The van der Waals surface area contributed by atoms with Crippen LogP contribution in [0.1, 0.15) is 65.2 Å². The van der Waals surface area contributed by atoms with Gasteiger partial charge in [-0.25, -0.2) is 0 Å². The molecule has 0 aliphatic heterocycles. The third-order valence-corrected chi connectivity index (χ3v) is 3.56. The third-order valence-electron chi connectivity index (χ3n) is 3.56. The average molecular weight is 255 g/mol. The van der Waals surface area contributed by atoms with E-state index in [2.05, 4.69) is 13.8 Å².